The zero-order valence-electron chi connectivity index (χ0n) is 24.7. The van der Waals surface area contributed by atoms with Gasteiger partial charge in [0.1, 0.15) is 12.4 Å². The second kappa shape index (κ2) is 13.7. The van der Waals surface area contributed by atoms with Crippen LogP contribution >= 0.6 is 11.6 Å². The first-order valence-corrected chi connectivity index (χ1v) is 15.1. The van der Waals surface area contributed by atoms with Gasteiger partial charge < -0.3 is 21.1 Å². The van der Waals surface area contributed by atoms with E-state index in [0.717, 1.165) is 32.4 Å². The van der Waals surface area contributed by atoms with E-state index in [1.807, 2.05) is 0 Å². The third-order valence-electron chi connectivity index (χ3n) is 8.58. The lowest BCUT2D eigenvalue weighted by molar-refractivity contribution is -0.142. The molecule has 44 heavy (non-hydrogen) atoms. The molecular weight excluding hydrogens is 584 g/mol. The van der Waals surface area contributed by atoms with Crippen LogP contribution < -0.4 is 11.1 Å². The van der Waals surface area contributed by atoms with E-state index in [4.69, 9.17) is 17.3 Å². The lowest BCUT2D eigenvalue weighted by atomic mass is 9.77. The summed E-state index contributed by atoms with van der Waals surface area (Å²) in [4.78, 5) is 43.4. The molecular formula is C31H37ClN8O4. The molecule has 2 fully saturated rings. The van der Waals surface area contributed by atoms with Crippen LogP contribution in [0.5, 0.6) is 0 Å². The number of nitrogens with zero attached hydrogens (tertiary/aromatic N) is 6. The molecule has 0 bridgehead atoms. The van der Waals surface area contributed by atoms with Crippen LogP contribution in [0, 0.1) is 11.8 Å². The van der Waals surface area contributed by atoms with Gasteiger partial charge in [-0.15, -0.1) is 5.10 Å². The van der Waals surface area contributed by atoms with Gasteiger partial charge in [0.25, 0.3) is 0 Å². The molecule has 12 nitrogen and oxygen atoms in total. The number of halogens is 1. The Balaban J connectivity index is 1.46. The second-order valence-electron chi connectivity index (χ2n) is 11.8. The smallest absolute Gasteiger partial charge is 0.335 e. The highest BCUT2D eigenvalue weighted by atomic mass is 35.5. The van der Waals surface area contributed by atoms with Crippen LogP contribution in [-0.2, 0) is 9.59 Å². The fraction of sp³-hybridized carbons (Fsp3) is 0.419. The molecule has 2 saturated heterocycles. The summed E-state index contributed by atoms with van der Waals surface area (Å²) < 4.78 is 1.49. The maximum Gasteiger partial charge on any atom is 0.335 e. The van der Waals surface area contributed by atoms with Gasteiger partial charge in [0, 0.05) is 41.0 Å². The molecule has 232 valence electrons. The monoisotopic (exact) mass is 620 g/mol. The number of tetrazole rings is 1. The van der Waals surface area contributed by atoms with Gasteiger partial charge in [-0.3, -0.25) is 14.5 Å². The number of aromatic carboxylic acids is 1. The summed E-state index contributed by atoms with van der Waals surface area (Å²) in [6, 6.07) is 10.7. The van der Waals surface area contributed by atoms with Crippen molar-refractivity contribution in [2.24, 2.45) is 17.6 Å². The van der Waals surface area contributed by atoms with Gasteiger partial charge in [-0.2, -0.15) is 4.68 Å². The first-order valence-electron chi connectivity index (χ1n) is 14.8. The molecule has 3 heterocycles. The van der Waals surface area contributed by atoms with Crippen molar-refractivity contribution in [1.29, 1.82) is 0 Å². The highest BCUT2D eigenvalue weighted by Gasteiger charge is 2.45. The molecule has 3 atom stereocenters. The number of nitrogens with one attached hydrogen (secondary N) is 1. The number of hydrogen-bond donors (Lipinski definition) is 3. The minimum absolute atomic E-state index is 0.0779. The van der Waals surface area contributed by atoms with Crippen LogP contribution in [0.4, 0.5) is 5.69 Å². The average Bonchev–Trinajstić information content (AvgIpc) is 3.55. The Labute approximate surface area is 260 Å². The number of piperidine rings is 2. The van der Waals surface area contributed by atoms with E-state index in [2.05, 4.69) is 39.6 Å². The Morgan fingerprint density at radius 2 is 1.84 bits per heavy atom. The topological polar surface area (TPSA) is 160 Å². The van der Waals surface area contributed by atoms with Crippen LogP contribution in [-0.4, -0.2) is 90.7 Å². The molecule has 5 rings (SSSR count). The zero-order valence-corrected chi connectivity index (χ0v) is 25.5. The first-order chi connectivity index (χ1) is 21.1. The number of rotatable bonds is 8. The molecule has 0 saturated carbocycles. The zero-order chi connectivity index (χ0) is 31.4. The third-order valence-corrected chi connectivity index (χ3v) is 8.82. The molecule has 2 aliphatic heterocycles. The highest BCUT2D eigenvalue weighted by molar-refractivity contribution is 6.30. The van der Waals surface area contributed by atoms with Crippen LogP contribution in [0.2, 0.25) is 5.02 Å². The van der Waals surface area contributed by atoms with Crippen molar-refractivity contribution in [3.63, 3.8) is 0 Å². The summed E-state index contributed by atoms with van der Waals surface area (Å²) in [6.07, 6.45) is 7.13. The quantitative estimate of drug-likeness (QED) is 0.321. The Hall–Kier alpha value is -4.13. The van der Waals surface area contributed by atoms with Crippen molar-refractivity contribution in [2.45, 2.75) is 51.2 Å². The lowest BCUT2D eigenvalue weighted by Crippen LogP contribution is -2.62. The summed E-state index contributed by atoms with van der Waals surface area (Å²) in [5, 5.41) is 24.0. The van der Waals surface area contributed by atoms with Crippen molar-refractivity contribution in [3.8, 4) is 5.69 Å². The SMILES string of the molecule is CC(C)C1CC(N2CCC(N)CC2)CN(C(=O)/C=C/c2cc(Cl)ccc2-n2cnnn2)C1C(=O)Nc1ccc(C(=O)O)cc1. The third kappa shape index (κ3) is 7.15. The number of anilines is 1. The lowest BCUT2D eigenvalue weighted by Gasteiger charge is -2.49. The first kappa shape index (κ1) is 31.3. The number of nitrogens with two attached hydrogens (primary N) is 1. The molecule has 0 aliphatic carbocycles. The molecule has 3 aromatic rings. The van der Waals surface area contributed by atoms with E-state index >= 15 is 0 Å². The fourth-order valence-corrected chi connectivity index (χ4v) is 6.33. The van der Waals surface area contributed by atoms with E-state index in [9.17, 15) is 19.5 Å². The van der Waals surface area contributed by atoms with E-state index in [-0.39, 0.29) is 41.3 Å². The predicted octanol–water partition coefficient (Wildman–Crippen LogP) is 3.33. The van der Waals surface area contributed by atoms with E-state index in [1.54, 1.807) is 41.3 Å². The molecule has 3 unspecified atom stereocenters. The number of carbonyl (C=O) groups is 3. The van der Waals surface area contributed by atoms with Crippen molar-refractivity contribution in [1.82, 2.24) is 30.0 Å². The number of carbonyl (C=O) groups excluding carboxylic acids is 2. The maximum absolute atomic E-state index is 14.1. The summed E-state index contributed by atoms with van der Waals surface area (Å²) in [6.45, 7) is 6.22. The van der Waals surface area contributed by atoms with Gasteiger partial charge in [-0.25, -0.2) is 4.79 Å². The molecule has 2 aromatic carbocycles. The minimum atomic E-state index is -1.05. The van der Waals surface area contributed by atoms with Crippen LogP contribution in [0.1, 0.15) is 49.0 Å². The Kier molecular flexibility index (Phi) is 9.72. The van der Waals surface area contributed by atoms with Gasteiger partial charge >= 0.3 is 5.97 Å². The van der Waals surface area contributed by atoms with E-state index < -0.39 is 12.0 Å². The van der Waals surface area contributed by atoms with Crippen LogP contribution in [0.15, 0.2) is 54.9 Å². The highest BCUT2D eigenvalue weighted by Crippen LogP contribution is 2.34. The molecule has 2 aliphatic rings. The number of carboxylic acids is 1. The number of benzene rings is 2. The van der Waals surface area contributed by atoms with E-state index in [1.165, 1.54) is 29.2 Å². The molecule has 2 amide bonds. The molecule has 13 heteroatoms. The van der Waals surface area contributed by atoms with E-state index in [0.29, 0.717) is 28.5 Å². The number of carboxylic acid groups (broad SMARTS) is 1. The van der Waals surface area contributed by atoms with Gasteiger partial charge in [0.15, 0.2) is 0 Å². The molecule has 0 radical (unpaired) electrons. The Morgan fingerprint density at radius 3 is 2.48 bits per heavy atom. The maximum atomic E-state index is 14.1. The molecule has 1 aromatic heterocycles. The van der Waals surface area contributed by atoms with Gasteiger partial charge in [0.2, 0.25) is 11.8 Å². The summed E-state index contributed by atoms with van der Waals surface area (Å²) >= 11 is 6.29. The van der Waals surface area contributed by atoms with Crippen LogP contribution in [0.3, 0.4) is 0 Å². The summed E-state index contributed by atoms with van der Waals surface area (Å²) in [5.41, 5.74) is 8.04. The fourth-order valence-electron chi connectivity index (χ4n) is 6.15. The minimum Gasteiger partial charge on any atom is -0.478 e. The second-order valence-corrected chi connectivity index (χ2v) is 12.2. The van der Waals surface area contributed by atoms with Crippen molar-refractivity contribution < 1.29 is 19.5 Å². The summed E-state index contributed by atoms with van der Waals surface area (Å²) in [5.74, 6) is -1.69. The number of amides is 2. The predicted molar refractivity (Wildman–Crippen MR) is 166 cm³/mol. The molecule has 4 N–H and O–H groups in total. The van der Waals surface area contributed by atoms with Gasteiger partial charge in [-0.05, 0) is 103 Å². The molecule has 0 spiro atoms. The summed E-state index contributed by atoms with van der Waals surface area (Å²) in [7, 11) is 0. The number of hydrogen-bond acceptors (Lipinski definition) is 8. The van der Waals surface area contributed by atoms with Crippen molar-refractivity contribution in [3.05, 3.63) is 71.0 Å². The largest absolute Gasteiger partial charge is 0.478 e. The average molecular weight is 621 g/mol. The van der Waals surface area contributed by atoms with Crippen molar-refractivity contribution in [2.75, 3.05) is 25.0 Å². The Bertz CT molecular complexity index is 1500. The van der Waals surface area contributed by atoms with Crippen molar-refractivity contribution >= 4 is 41.1 Å². The van der Waals surface area contributed by atoms with Crippen LogP contribution in [0.25, 0.3) is 11.8 Å². The van der Waals surface area contributed by atoms with Gasteiger partial charge in [0.05, 0.1) is 11.3 Å². The standard InChI is InChI=1S/C31H37ClN8O4/c1-19(2)26-16-25(38-13-11-23(33)12-14-38)17-39(29(26)30(42)35-24-7-3-20(4-8-24)31(43)44)28(41)10-5-21-15-22(32)6-9-27(21)40-18-34-36-37-40/h3-10,15,18-19,23,25-26,29H,11-14,16-17,33H2,1-2H3,(H,35,42)(H,43,44)/b10-5+. The number of aromatic nitrogens is 4. The number of likely N-dealkylation sites (tertiary alicyclic amines) is 2. The van der Waals surface area contributed by atoms with Gasteiger partial charge in [-0.1, -0.05) is 25.4 Å². The normalized spacial score (nSPS) is 21.6. The Morgan fingerprint density at radius 1 is 1.11 bits per heavy atom.